The number of fused-ring (bicyclic) bond motifs is 1. The van der Waals surface area contributed by atoms with Gasteiger partial charge in [-0.05, 0) is 37.1 Å². The van der Waals surface area contributed by atoms with E-state index in [-0.39, 0.29) is 0 Å². The highest BCUT2D eigenvalue weighted by molar-refractivity contribution is 7.08. The van der Waals surface area contributed by atoms with Gasteiger partial charge in [0.25, 0.3) is 0 Å². The van der Waals surface area contributed by atoms with Crippen molar-refractivity contribution in [3.63, 3.8) is 0 Å². The summed E-state index contributed by atoms with van der Waals surface area (Å²) in [6.07, 6.45) is 5.72. The second-order valence-electron chi connectivity index (χ2n) is 4.54. The topological polar surface area (TPSA) is 63.8 Å². The molecular weight excluding hydrogens is 244 g/mol. The predicted octanol–water partition coefficient (Wildman–Crippen LogP) is 2.76. The molecule has 0 radical (unpaired) electrons. The van der Waals surface area contributed by atoms with E-state index in [2.05, 4.69) is 15.8 Å². The normalized spacial score (nSPS) is 14.9. The van der Waals surface area contributed by atoms with Gasteiger partial charge in [0.2, 0.25) is 0 Å². The Bertz CT molecular complexity index is 536. The second-order valence-corrected chi connectivity index (χ2v) is 5.32. The molecular formula is C13H16N4S. The fourth-order valence-electron chi connectivity index (χ4n) is 2.41. The molecule has 0 bridgehead atoms. The van der Waals surface area contributed by atoms with Crippen LogP contribution in [0.25, 0.3) is 11.4 Å². The average molecular weight is 260 g/mol. The van der Waals surface area contributed by atoms with Crippen molar-refractivity contribution in [3.05, 3.63) is 28.1 Å². The van der Waals surface area contributed by atoms with Crippen molar-refractivity contribution in [1.29, 1.82) is 0 Å². The molecule has 0 amide bonds. The Morgan fingerprint density at radius 2 is 2.06 bits per heavy atom. The van der Waals surface area contributed by atoms with E-state index in [0.717, 1.165) is 35.7 Å². The van der Waals surface area contributed by atoms with Crippen LogP contribution < -0.4 is 11.3 Å². The molecule has 4 nitrogen and oxygen atoms in total. The highest BCUT2D eigenvalue weighted by Gasteiger charge is 2.16. The van der Waals surface area contributed by atoms with Crippen LogP contribution in [0.1, 0.15) is 30.5 Å². The maximum absolute atomic E-state index is 5.61. The zero-order valence-electron chi connectivity index (χ0n) is 10.1. The summed E-state index contributed by atoms with van der Waals surface area (Å²) in [5, 5.41) is 4.11. The molecule has 3 rings (SSSR count). The largest absolute Gasteiger partial charge is 0.308 e. The lowest BCUT2D eigenvalue weighted by atomic mass is 10.1. The summed E-state index contributed by atoms with van der Waals surface area (Å²) in [6, 6.07) is 2.05. The number of hydrogen-bond donors (Lipinski definition) is 2. The van der Waals surface area contributed by atoms with Crippen LogP contribution in [-0.4, -0.2) is 9.97 Å². The van der Waals surface area contributed by atoms with Gasteiger partial charge in [0, 0.05) is 22.2 Å². The number of nitrogens with one attached hydrogen (secondary N) is 1. The molecule has 5 heteroatoms. The van der Waals surface area contributed by atoms with Crippen molar-refractivity contribution in [1.82, 2.24) is 9.97 Å². The van der Waals surface area contributed by atoms with Gasteiger partial charge in [-0.25, -0.2) is 15.8 Å². The molecule has 0 atom stereocenters. The van der Waals surface area contributed by atoms with Crippen molar-refractivity contribution in [2.24, 2.45) is 5.84 Å². The first-order chi connectivity index (χ1) is 8.88. The summed E-state index contributed by atoms with van der Waals surface area (Å²) < 4.78 is 0. The number of hydrogen-bond acceptors (Lipinski definition) is 5. The van der Waals surface area contributed by atoms with Crippen LogP contribution in [-0.2, 0) is 12.8 Å². The lowest BCUT2D eigenvalue weighted by Crippen LogP contribution is -2.14. The van der Waals surface area contributed by atoms with E-state index >= 15 is 0 Å². The van der Waals surface area contributed by atoms with Crippen molar-refractivity contribution >= 4 is 17.2 Å². The van der Waals surface area contributed by atoms with E-state index in [1.165, 1.54) is 24.8 Å². The predicted molar refractivity (Wildman–Crippen MR) is 74.4 cm³/mol. The average Bonchev–Trinajstić information content (AvgIpc) is 2.83. The summed E-state index contributed by atoms with van der Waals surface area (Å²) in [5.41, 5.74) is 6.18. The van der Waals surface area contributed by atoms with Crippen LogP contribution in [0.15, 0.2) is 16.8 Å². The zero-order chi connectivity index (χ0) is 12.4. The Kier molecular flexibility index (Phi) is 3.25. The summed E-state index contributed by atoms with van der Waals surface area (Å²) in [7, 11) is 0. The van der Waals surface area contributed by atoms with Crippen LogP contribution in [0.4, 0.5) is 5.82 Å². The van der Waals surface area contributed by atoms with Gasteiger partial charge in [0.15, 0.2) is 5.82 Å². The Balaban J connectivity index is 2.10. The lowest BCUT2D eigenvalue weighted by molar-refractivity contribution is 0.709. The number of aromatic nitrogens is 2. The minimum Gasteiger partial charge on any atom is -0.308 e. The molecule has 0 fully saturated rings. The van der Waals surface area contributed by atoms with Gasteiger partial charge in [-0.15, -0.1) is 0 Å². The summed E-state index contributed by atoms with van der Waals surface area (Å²) in [4.78, 5) is 9.27. The molecule has 0 unspecified atom stereocenters. The number of hydrazine groups is 1. The number of rotatable bonds is 2. The van der Waals surface area contributed by atoms with Gasteiger partial charge in [-0.1, -0.05) is 6.42 Å². The van der Waals surface area contributed by atoms with E-state index in [1.54, 1.807) is 11.3 Å². The van der Waals surface area contributed by atoms with E-state index in [0.29, 0.717) is 0 Å². The molecule has 1 aliphatic rings. The third-order valence-corrected chi connectivity index (χ3v) is 4.03. The molecule has 0 spiro atoms. The number of nitrogens with two attached hydrogens (primary N) is 1. The number of nitrogen functional groups attached to an aromatic ring is 1. The molecule has 2 aromatic heterocycles. The fraction of sp³-hybridized carbons (Fsp3) is 0.385. The maximum atomic E-state index is 5.61. The van der Waals surface area contributed by atoms with Gasteiger partial charge in [0.05, 0.1) is 0 Å². The fourth-order valence-corrected chi connectivity index (χ4v) is 3.05. The Labute approximate surface area is 110 Å². The second kappa shape index (κ2) is 5.04. The first kappa shape index (κ1) is 11.6. The van der Waals surface area contributed by atoms with Gasteiger partial charge in [0.1, 0.15) is 5.82 Å². The molecule has 0 saturated carbocycles. The molecule has 2 heterocycles. The minimum atomic E-state index is 0.782. The lowest BCUT2D eigenvalue weighted by Gasteiger charge is -2.12. The Morgan fingerprint density at radius 1 is 1.17 bits per heavy atom. The molecule has 18 heavy (non-hydrogen) atoms. The minimum absolute atomic E-state index is 0.782. The molecule has 2 aromatic rings. The van der Waals surface area contributed by atoms with Crippen LogP contribution in [0, 0.1) is 0 Å². The highest BCUT2D eigenvalue weighted by atomic mass is 32.1. The summed E-state index contributed by atoms with van der Waals surface area (Å²) in [6.45, 7) is 0. The number of thiophene rings is 1. The molecule has 3 N–H and O–H groups in total. The van der Waals surface area contributed by atoms with E-state index in [9.17, 15) is 0 Å². The van der Waals surface area contributed by atoms with Gasteiger partial charge < -0.3 is 5.43 Å². The molecule has 0 saturated heterocycles. The van der Waals surface area contributed by atoms with Crippen LogP contribution >= 0.6 is 11.3 Å². The van der Waals surface area contributed by atoms with Gasteiger partial charge >= 0.3 is 0 Å². The van der Waals surface area contributed by atoms with Crippen LogP contribution in [0.3, 0.4) is 0 Å². The third kappa shape index (κ3) is 2.11. The maximum Gasteiger partial charge on any atom is 0.162 e. The van der Waals surface area contributed by atoms with Crippen molar-refractivity contribution in [2.45, 2.75) is 32.1 Å². The summed E-state index contributed by atoms with van der Waals surface area (Å²) in [5.74, 6) is 7.19. The highest BCUT2D eigenvalue weighted by Crippen LogP contribution is 2.28. The first-order valence-corrected chi connectivity index (χ1v) is 7.22. The first-order valence-electron chi connectivity index (χ1n) is 6.27. The number of anilines is 1. The van der Waals surface area contributed by atoms with Crippen molar-refractivity contribution < 1.29 is 0 Å². The van der Waals surface area contributed by atoms with E-state index in [1.807, 2.05) is 11.4 Å². The van der Waals surface area contributed by atoms with Crippen LogP contribution in [0.5, 0.6) is 0 Å². The van der Waals surface area contributed by atoms with E-state index < -0.39 is 0 Å². The van der Waals surface area contributed by atoms with Crippen molar-refractivity contribution in [2.75, 3.05) is 5.43 Å². The molecule has 94 valence electrons. The number of nitrogens with zero attached hydrogens (tertiary/aromatic N) is 2. The Hall–Kier alpha value is -1.46. The molecule has 0 aromatic carbocycles. The summed E-state index contributed by atoms with van der Waals surface area (Å²) >= 11 is 1.66. The van der Waals surface area contributed by atoms with E-state index in [4.69, 9.17) is 10.8 Å². The SMILES string of the molecule is NNc1nc(-c2ccsc2)nc2c1CCCCC2. The number of aryl methyl sites for hydroxylation is 1. The quantitative estimate of drug-likeness (QED) is 0.495. The Morgan fingerprint density at radius 3 is 2.83 bits per heavy atom. The van der Waals surface area contributed by atoms with Gasteiger partial charge in [-0.2, -0.15) is 11.3 Å². The van der Waals surface area contributed by atoms with Crippen LogP contribution in [0.2, 0.25) is 0 Å². The zero-order valence-corrected chi connectivity index (χ0v) is 11.0. The monoisotopic (exact) mass is 260 g/mol. The van der Waals surface area contributed by atoms with Crippen molar-refractivity contribution in [3.8, 4) is 11.4 Å². The molecule has 1 aliphatic carbocycles. The van der Waals surface area contributed by atoms with Gasteiger partial charge in [-0.3, -0.25) is 0 Å². The molecule has 0 aliphatic heterocycles. The smallest absolute Gasteiger partial charge is 0.162 e. The third-order valence-electron chi connectivity index (χ3n) is 3.35. The standard InChI is InChI=1S/C13H16N4S/c14-17-13-10-4-2-1-3-5-11(10)15-12(16-13)9-6-7-18-8-9/h6-8H,1-5,14H2,(H,15,16,17).